The third-order valence-corrected chi connectivity index (χ3v) is 4.04. The van der Waals surface area contributed by atoms with Crippen LogP contribution < -0.4 is 5.73 Å². The predicted molar refractivity (Wildman–Crippen MR) is 73.8 cm³/mol. The number of anilines is 1. The normalized spacial score (nSPS) is 21.5. The quantitative estimate of drug-likeness (QED) is 0.867. The molecule has 6 heteroatoms. The van der Waals surface area contributed by atoms with E-state index in [1.165, 1.54) is 0 Å². The Bertz CT molecular complexity index is 555. The van der Waals surface area contributed by atoms with Gasteiger partial charge in [-0.3, -0.25) is 4.79 Å². The van der Waals surface area contributed by atoms with Gasteiger partial charge in [-0.1, -0.05) is 0 Å². The van der Waals surface area contributed by atoms with Crippen LogP contribution in [-0.2, 0) is 4.74 Å². The highest BCUT2D eigenvalue weighted by Gasteiger charge is 2.36. The van der Waals surface area contributed by atoms with Crippen molar-refractivity contribution >= 4 is 11.6 Å². The fourth-order valence-electron chi connectivity index (χ4n) is 2.67. The summed E-state index contributed by atoms with van der Waals surface area (Å²) < 4.78 is 32.4. The van der Waals surface area contributed by atoms with E-state index >= 15 is 0 Å². The van der Waals surface area contributed by atoms with E-state index in [1.54, 1.807) is 4.90 Å². The summed E-state index contributed by atoms with van der Waals surface area (Å²) in [5, 5.41) is 0. The second kappa shape index (κ2) is 5.60. The van der Waals surface area contributed by atoms with Gasteiger partial charge in [0.15, 0.2) is 0 Å². The van der Waals surface area contributed by atoms with Gasteiger partial charge in [0.25, 0.3) is 5.91 Å². The van der Waals surface area contributed by atoms with Crippen molar-refractivity contribution in [3.05, 3.63) is 29.3 Å². The first kappa shape index (κ1) is 14.3. The smallest absolute Gasteiger partial charge is 0.257 e. The Hall–Kier alpha value is -1.69. The predicted octanol–water partition coefficient (Wildman–Crippen LogP) is 2.19. The Morgan fingerprint density at radius 3 is 2.67 bits per heavy atom. The summed E-state index contributed by atoms with van der Waals surface area (Å²) in [5.41, 5.74) is 5.09. The van der Waals surface area contributed by atoms with Crippen LogP contribution in [-0.4, -0.2) is 36.6 Å². The van der Waals surface area contributed by atoms with Crippen LogP contribution >= 0.6 is 0 Å². The van der Waals surface area contributed by atoms with E-state index in [9.17, 15) is 13.6 Å². The fourth-order valence-corrected chi connectivity index (χ4v) is 2.67. The number of carbonyl (C=O) groups is 1. The minimum Gasteiger partial charge on any atom is -0.396 e. The van der Waals surface area contributed by atoms with E-state index in [2.05, 4.69) is 0 Å². The number of hydrogen-bond acceptors (Lipinski definition) is 3. The van der Waals surface area contributed by atoms with Gasteiger partial charge in [-0.15, -0.1) is 0 Å². The number of benzene rings is 1. The second-order valence-corrected chi connectivity index (χ2v) is 5.77. The number of nitrogens with zero attached hydrogens (tertiary/aromatic N) is 1. The molecule has 0 spiro atoms. The minimum absolute atomic E-state index is 0.153. The number of rotatable bonds is 4. The summed E-state index contributed by atoms with van der Waals surface area (Å²) >= 11 is 0. The van der Waals surface area contributed by atoms with Gasteiger partial charge in [0.05, 0.1) is 17.9 Å². The Balaban J connectivity index is 1.82. The first-order valence-corrected chi connectivity index (χ1v) is 7.19. The van der Waals surface area contributed by atoms with E-state index in [1.807, 2.05) is 0 Å². The highest BCUT2D eigenvalue weighted by Crippen LogP contribution is 2.31. The van der Waals surface area contributed by atoms with Crippen molar-refractivity contribution in [2.24, 2.45) is 5.92 Å². The molecule has 0 aromatic heterocycles. The first-order chi connectivity index (χ1) is 10.1. The van der Waals surface area contributed by atoms with E-state index in [0.717, 1.165) is 25.3 Å². The van der Waals surface area contributed by atoms with Gasteiger partial charge < -0.3 is 15.4 Å². The molecule has 4 nitrogen and oxygen atoms in total. The molecular weight excluding hydrogens is 278 g/mol. The van der Waals surface area contributed by atoms with Crippen LogP contribution in [0.4, 0.5) is 14.5 Å². The fraction of sp³-hybridized carbons (Fsp3) is 0.533. The van der Waals surface area contributed by atoms with Crippen molar-refractivity contribution in [1.82, 2.24) is 4.90 Å². The number of ether oxygens (including phenoxy) is 1. The topological polar surface area (TPSA) is 55.6 Å². The molecule has 3 rings (SSSR count). The molecule has 2 N–H and O–H groups in total. The first-order valence-electron chi connectivity index (χ1n) is 7.19. The van der Waals surface area contributed by atoms with Gasteiger partial charge in [0.2, 0.25) is 0 Å². The maximum Gasteiger partial charge on any atom is 0.257 e. The van der Waals surface area contributed by atoms with Crippen LogP contribution in [0.15, 0.2) is 12.1 Å². The van der Waals surface area contributed by atoms with Crippen LogP contribution in [0.3, 0.4) is 0 Å². The van der Waals surface area contributed by atoms with Crippen LogP contribution in [0.1, 0.15) is 29.6 Å². The molecule has 114 valence electrons. The van der Waals surface area contributed by atoms with Gasteiger partial charge in [-0.25, -0.2) is 8.78 Å². The molecule has 1 heterocycles. The molecular formula is C15H18F2N2O2. The zero-order valence-corrected chi connectivity index (χ0v) is 11.6. The van der Waals surface area contributed by atoms with Crippen molar-refractivity contribution in [1.29, 1.82) is 0 Å². The molecule has 1 amide bonds. The van der Waals surface area contributed by atoms with Crippen LogP contribution in [0.25, 0.3) is 0 Å². The highest BCUT2D eigenvalue weighted by molar-refractivity contribution is 5.95. The van der Waals surface area contributed by atoms with Crippen LogP contribution in [0.2, 0.25) is 0 Å². The molecule has 1 aromatic carbocycles. The number of carbonyl (C=O) groups excluding carboxylic acids is 1. The summed E-state index contributed by atoms with van der Waals surface area (Å²) in [7, 11) is 0. The maximum atomic E-state index is 13.9. The van der Waals surface area contributed by atoms with Crippen molar-refractivity contribution in [3.8, 4) is 0 Å². The van der Waals surface area contributed by atoms with Gasteiger partial charge in [0.1, 0.15) is 11.6 Å². The summed E-state index contributed by atoms with van der Waals surface area (Å²) in [6, 6.07) is 1.92. The lowest BCUT2D eigenvalue weighted by molar-refractivity contribution is 0.0701. The largest absolute Gasteiger partial charge is 0.396 e. The molecule has 1 aliphatic heterocycles. The third-order valence-electron chi connectivity index (χ3n) is 4.04. The molecule has 1 saturated carbocycles. The van der Waals surface area contributed by atoms with E-state index in [4.69, 9.17) is 10.5 Å². The number of amides is 1. The van der Waals surface area contributed by atoms with Gasteiger partial charge in [0, 0.05) is 31.2 Å². The van der Waals surface area contributed by atoms with E-state index < -0.39 is 17.5 Å². The molecule has 1 unspecified atom stereocenters. The van der Waals surface area contributed by atoms with Crippen molar-refractivity contribution in [3.63, 3.8) is 0 Å². The summed E-state index contributed by atoms with van der Waals surface area (Å²) in [5.74, 6) is -1.82. The zero-order chi connectivity index (χ0) is 15.0. The second-order valence-electron chi connectivity index (χ2n) is 5.77. The molecule has 2 fully saturated rings. The molecule has 0 radical (unpaired) electrons. The number of nitrogen functional groups attached to an aromatic ring is 1. The molecule has 1 atom stereocenters. The maximum absolute atomic E-state index is 13.9. The van der Waals surface area contributed by atoms with Gasteiger partial charge in [-0.2, -0.15) is 0 Å². The summed E-state index contributed by atoms with van der Waals surface area (Å²) in [4.78, 5) is 14.3. The Morgan fingerprint density at radius 1 is 1.29 bits per heavy atom. The third kappa shape index (κ3) is 3.00. The molecule has 21 heavy (non-hydrogen) atoms. The van der Waals surface area contributed by atoms with Gasteiger partial charge in [-0.05, 0) is 25.3 Å². The number of hydrogen-bond donors (Lipinski definition) is 1. The van der Waals surface area contributed by atoms with Crippen LogP contribution in [0, 0.1) is 17.6 Å². The van der Waals surface area contributed by atoms with Crippen molar-refractivity contribution < 1.29 is 18.3 Å². The van der Waals surface area contributed by atoms with Crippen LogP contribution in [0.5, 0.6) is 0 Å². The molecule has 1 aliphatic carbocycles. The Kier molecular flexibility index (Phi) is 3.80. The lowest BCUT2D eigenvalue weighted by Crippen LogP contribution is -2.38. The average Bonchev–Trinajstić information content (AvgIpc) is 3.16. The Labute approximate surface area is 121 Å². The molecule has 0 bridgehead atoms. The monoisotopic (exact) mass is 296 g/mol. The lowest BCUT2D eigenvalue weighted by atomic mass is 10.1. The zero-order valence-electron chi connectivity index (χ0n) is 11.6. The summed E-state index contributed by atoms with van der Waals surface area (Å²) in [6.07, 6.45) is 2.76. The van der Waals surface area contributed by atoms with Crippen molar-refractivity contribution in [2.45, 2.75) is 25.3 Å². The highest BCUT2D eigenvalue weighted by atomic mass is 19.1. The standard InChI is InChI=1S/C15H18F2N2O2/c16-12-6-13(17)14(18)5-11(12)15(20)19(10-1-2-10)7-9-3-4-21-8-9/h5-6,9-10H,1-4,7-8,18H2. The van der Waals surface area contributed by atoms with E-state index in [0.29, 0.717) is 25.8 Å². The SMILES string of the molecule is Nc1cc(C(=O)N(CC2CCOC2)C2CC2)c(F)cc1F. The minimum atomic E-state index is -0.861. The average molecular weight is 296 g/mol. The molecule has 1 aromatic rings. The number of nitrogens with two attached hydrogens (primary N) is 1. The van der Waals surface area contributed by atoms with Gasteiger partial charge >= 0.3 is 0 Å². The number of halogens is 2. The van der Waals surface area contributed by atoms with E-state index in [-0.39, 0.29) is 23.2 Å². The lowest BCUT2D eigenvalue weighted by Gasteiger charge is -2.25. The Morgan fingerprint density at radius 2 is 2.05 bits per heavy atom. The molecule has 2 aliphatic rings. The van der Waals surface area contributed by atoms with Crippen molar-refractivity contribution in [2.75, 3.05) is 25.5 Å². The summed E-state index contributed by atoms with van der Waals surface area (Å²) in [6.45, 7) is 1.89. The molecule has 1 saturated heterocycles.